The van der Waals surface area contributed by atoms with Gasteiger partial charge in [-0.05, 0) is 40.2 Å². The minimum Gasteiger partial charge on any atom is -0.466 e. The first-order chi connectivity index (χ1) is 8.69. The average Bonchev–Trinajstić information content (AvgIpc) is 2.25. The first-order valence-electron chi connectivity index (χ1n) is 6.43. The molecule has 0 saturated heterocycles. The molecule has 0 N–H and O–H groups in total. The number of rotatable bonds is 5. The molecule has 0 atom stereocenters. The summed E-state index contributed by atoms with van der Waals surface area (Å²) in [5, 5.41) is 0. The lowest BCUT2D eigenvalue weighted by Gasteiger charge is -2.25. The molecular formula is C14H25NO4. The summed E-state index contributed by atoms with van der Waals surface area (Å²) in [6, 6.07) is 0. The Kier molecular flexibility index (Phi) is 7.19. The van der Waals surface area contributed by atoms with E-state index in [1.165, 1.54) is 4.90 Å². The lowest BCUT2D eigenvalue weighted by atomic mass is 10.1. The fraction of sp³-hybridized carbons (Fsp3) is 0.714. The molecule has 19 heavy (non-hydrogen) atoms. The summed E-state index contributed by atoms with van der Waals surface area (Å²) in [7, 11) is 1.64. The first-order valence-corrected chi connectivity index (χ1v) is 6.43. The van der Waals surface area contributed by atoms with Crippen molar-refractivity contribution in [2.24, 2.45) is 0 Å². The molecule has 0 unspecified atom stereocenters. The molecule has 5 nitrogen and oxygen atoms in total. The number of allylic oxidation sites excluding steroid dienone is 1. The SMILES string of the molecule is C/C=C(\CC(=O)OCC)CN(C)C(=O)OC(C)(C)C. The molecule has 0 aliphatic rings. The fourth-order valence-corrected chi connectivity index (χ4v) is 1.36. The maximum atomic E-state index is 11.8. The van der Waals surface area contributed by atoms with Crippen LogP contribution in [0, 0.1) is 0 Å². The Morgan fingerprint density at radius 1 is 1.26 bits per heavy atom. The molecule has 0 aromatic carbocycles. The Morgan fingerprint density at radius 2 is 1.84 bits per heavy atom. The van der Waals surface area contributed by atoms with Crippen LogP contribution in [0.4, 0.5) is 4.79 Å². The zero-order valence-corrected chi connectivity index (χ0v) is 12.8. The van der Waals surface area contributed by atoms with Gasteiger partial charge in [0.1, 0.15) is 5.60 Å². The monoisotopic (exact) mass is 271 g/mol. The molecule has 0 saturated carbocycles. The molecule has 0 radical (unpaired) electrons. The van der Waals surface area contributed by atoms with Crippen molar-refractivity contribution >= 4 is 12.1 Å². The third-order valence-electron chi connectivity index (χ3n) is 2.23. The number of carbonyl (C=O) groups excluding carboxylic acids is 2. The van der Waals surface area contributed by atoms with Crippen molar-refractivity contribution in [2.75, 3.05) is 20.2 Å². The second-order valence-corrected chi connectivity index (χ2v) is 5.27. The summed E-state index contributed by atoms with van der Waals surface area (Å²) >= 11 is 0. The Morgan fingerprint density at radius 3 is 2.26 bits per heavy atom. The van der Waals surface area contributed by atoms with E-state index in [2.05, 4.69) is 0 Å². The topological polar surface area (TPSA) is 55.8 Å². The molecule has 0 aromatic rings. The third kappa shape index (κ3) is 8.24. The summed E-state index contributed by atoms with van der Waals surface area (Å²) < 4.78 is 10.1. The first kappa shape index (κ1) is 17.5. The third-order valence-corrected chi connectivity index (χ3v) is 2.23. The molecule has 0 aromatic heterocycles. The van der Waals surface area contributed by atoms with Gasteiger partial charge in [-0.2, -0.15) is 0 Å². The van der Waals surface area contributed by atoms with Crippen molar-refractivity contribution in [3.63, 3.8) is 0 Å². The van der Waals surface area contributed by atoms with Gasteiger partial charge in [-0.25, -0.2) is 4.79 Å². The van der Waals surface area contributed by atoms with Crippen molar-refractivity contribution in [1.29, 1.82) is 0 Å². The highest BCUT2D eigenvalue weighted by molar-refractivity contribution is 5.73. The zero-order valence-electron chi connectivity index (χ0n) is 12.8. The van der Waals surface area contributed by atoms with E-state index in [0.29, 0.717) is 13.2 Å². The molecular weight excluding hydrogens is 246 g/mol. The van der Waals surface area contributed by atoms with Crippen molar-refractivity contribution in [2.45, 2.75) is 46.6 Å². The Hall–Kier alpha value is -1.52. The van der Waals surface area contributed by atoms with Crippen molar-refractivity contribution in [3.05, 3.63) is 11.6 Å². The van der Waals surface area contributed by atoms with Crippen LogP contribution in [0.1, 0.15) is 41.0 Å². The van der Waals surface area contributed by atoms with Crippen LogP contribution in [0.5, 0.6) is 0 Å². The fourth-order valence-electron chi connectivity index (χ4n) is 1.36. The smallest absolute Gasteiger partial charge is 0.410 e. The molecule has 0 aliphatic heterocycles. The molecule has 0 bridgehead atoms. The van der Waals surface area contributed by atoms with Gasteiger partial charge in [-0.3, -0.25) is 4.79 Å². The second kappa shape index (κ2) is 7.81. The number of carbonyl (C=O) groups is 2. The van der Waals surface area contributed by atoms with Gasteiger partial charge in [-0.1, -0.05) is 6.08 Å². The van der Waals surface area contributed by atoms with Crippen LogP contribution in [-0.4, -0.2) is 42.8 Å². The largest absolute Gasteiger partial charge is 0.466 e. The Bertz CT molecular complexity index is 342. The van der Waals surface area contributed by atoms with E-state index in [4.69, 9.17) is 9.47 Å². The summed E-state index contributed by atoms with van der Waals surface area (Å²) in [5.41, 5.74) is 0.301. The minimum absolute atomic E-state index is 0.192. The van der Waals surface area contributed by atoms with Crippen molar-refractivity contribution < 1.29 is 19.1 Å². The van der Waals surface area contributed by atoms with Gasteiger partial charge in [0, 0.05) is 13.6 Å². The van der Waals surface area contributed by atoms with Gasteiger partial charge >= 0.3 is 12.1 Å². The number of ether oxygens (including phenoxy) is 2. The van der Waals surface area contributed by atoms with E-state index in [1.54, 1.807) is 14.0 Å². The van der Waals surface area contributed by atoms with Gasteiger partial charge in [0.05, 0.1) is 13.0 Å². The van der Waals surface area contributed by atoms with Crippen LogP contribution in [0.2, 0.25) is 0 Å². The van der Waals surface area contributed by atoms with E-state index in [-0.39, 0.29) is 12.4 Å². The molecule has 110 valence electrons. The molecule has 0 spiro atoms. The highest BCUT2D eigenvalue weighted by atomic mass is 16.6. The summed E-state index contributed by atoms with van der Waals surface area (Å²) in [6.45, 7) is 9.75. The molecule has 0 heterocycles. The van der Waals surface area contributed by atoms with Gasteiger partial charge in [0.2, 0.25) is 0 Å². The summed E-state index contributed by atoms with van der Waals surface area (Å²) in [5.74, 6) is -0.284. The highest BCUT2D eigenvalue weighted by Crippen LogP contribution is 2.11. The standard InChI is InChI=1S/C14H25NO4/c1-7-11(9-12(16)18-8-2)10-15(6)13(17)19-14(3,4)5/h7H,8-10H2,1-6H3/b11-7+. The van der Waals surface area contributed by atoms with Crippen LogP contribution in [0.25, 0.3) is 0 Å². The zero-order chi connectivity index (χ0) is 15.1. The van der Waals surface area contributed by atoms with E-state index >= 15 is 0 Å². The maximum absolute atomic E-state index is 11.8. The van der Waals surface area contributed by atoms with Crippen LogP contribution < -0.4 is 0 Å². The molecule has 1 amide bonds. The summed E-state index contributed by atoms with van der Waals surface area (Å²) in [6.07, 6.45) is 1.60. The van der Waals surface area contributed by atoms with Gasteiger partial charge in [0.15, 0.2) is 0 Å². The predicted octanol–water partition coefficient (Wildman–Crippen LogP) is 2.75. The number of hydrogen-bond acceptors (Lipinski definition) is 4. The molecule has 0 fully saturated rings. The van der Waals surface area contributed by atoms with Crippen molar-refractivity contribution in [3.8, 4) is 0 Å². The Balaban J connectivity index is 4.39. The number of nitrogens with zero attached hydrogens (tertiary/aromatic N) is 1. The Labute approximate surface area is 115 Å². The van der Waals surface area contributed by atoms with Gasteiger partial charge in [0.25, 0.3) is 0 Å². The normalized spacial score (nSPS) is 12.0. The van der Waals surface area contributed by atoms with Crippen LogP contribution in [-0.2, 0) is 14.3 Å². The van der Waals surface area contributed by atoms with E-state index in [0.717, 1.165) is 5.57 Å². The highest BCUT2D eigenvalue weighted by Gasteiger charge is 2.20. The second-order valence-electron chi connectivity index (χ2n) is 5.27. The average molecular weight is 271 g/mol. The quantitative estimate of drug-likeness (QED) is 0.570. The van der Waals surface area contributed by atoms with Crippen molar-refractivity contribution in [1.82, 2.24) is 4.90 Å². The lowest BCUT2D eigenvalue weighted by molar-refractivity contribution is -0.142. The maximum Gasteiger partial charge on any atom is 0.410 e. The van der Waals surface area contributed by atoms with Gasteiger partial charge < -0.3 is 14.4 Å². The van der Waals surface area contributed by atoms with Gasteiger partial charge in [-0.15, -0.1) is 0 Å². The van der Waals surface area contributed by atoms with E-state index < -0.39 is 11.7 Å². The van der Waals surface area contributed by atoms with Crippen LogP contribution in [0.15, 0.2) is 11.6 Å². The van der Waals surface area contributed by atoms with E-state index in [1.807, 2.05) is 33.8 Å². The van der Waals surface area contributed by atoms with Crippen LogP contribution in [0.3, 0.4) is 0 Å². The number of esters is 1. The molecule has 0 aliphatic carbocycles. The van der Waals surface area contributed by atoms with Crippen LogP contribution >= 0.6 is 0 Å². The number of amides is 1. The molecule has 0 rings (SSSR count). The summed E-state index contributed by atoms with van der Waals surface area (Å²) in [4.78, 5) is 24.6. The lowest BCUT2D eigenvalue weighted by Crippen LogP contribution is -2.35. The molecule has 5 heteroatoms. The number of hydrogen-bond donors (Lipinski definition) is 0. The number of likely N-dealkylation sites (N-methyl/N-ethyl adjacent to an activating group) is 1. The minimum atomic E-state index is -0.525. The van der Waals surface area contributed by atoms with E-state index in [9.17, 15) is 9.59 Å². The predicted molar refractivity (Wildman–Crippen MR) is 73.9 cm³/mol.